The molecule has 2 fully saturated rings. The molecule has 8 nitrogen and oxygen atoms in total. The zero-order valence-electron chi connectivity index (χ0n) is 20.5. The Hall–Kier alpha value is -3.57. The molecule has 0 bridgehead atoms. The molecule has 1 amide bonds. The third-order valence-electron chi connectivity index (χ3n) is 7.38. The topological polar surface area (TPSA) is 97.8 Å². The van der Waals surface area contributed by atoms with Gasteiger partial charge in [0.1, 0.15) is 5.82 Å². The molecule has 1 atom stereocenters. The molecule has 0 unspecified atom stereocenters. The molecule has 6 rings (SSSR count). The van der Waals surface area contributed by atoms with Gasteiger partial charge in [-0.15, -0.1) is 8.78 Å². The van der Waals surface area contributed by atoms with E-state index in [9.17, 15) is 22.0 Å². The Kier molecular flexibility index (Phi) is 5.69. The highest BCUT2D eigenvalue weighted by atomic mass is 32.2. The van der Waals surface area contributed by atoms with Crippen LogP contribution in [0.4, 0.5) is 14.6 Å². The largest absolute Gasteiger partial charge is 0.586 e. The zero-order valence-corrected chi connectivity index (χ0v) is 21.3. The average Bonchev–Trinajstić information content (AvgIpc) is 3.48. The first-order valence-electron chi connectivity index (χ1n) is 12.4. The molecule has 3 aromatic rings. The second-order valence-corrected chi connectivity index (χ2v) is 11.8. The van der Waals surface area contributed by atoms with Gasteiger partial charge in [0, 0.05) is 18.2 Å². The van der Waals surface area contributed by atoms with E-state index in [0.29, 0.717) is 42.0 Å². The summed E-state index contributed by atoms with van der Waals surface area (Å²) in [4.78, 5) is 18.0. The van der Waals surface area contributed by atoms with E-state index in [0.717, 1.165) is 12.8 Å². The van der Waals surface area contributed by atoms with Crippen LogP contribution in [-0.2, 0) is 20.2 Å². The first kappa shape index (κ1) is 24.7. The lowest BCUT2D eigenvalue weighted by Gasteiger charge is -2.21. The Morgan fingerprint density at radius 1 is 1.05 bits per heavy atom. The van der Waals surface area contributed by atoms with E-state index in [1.165, 1.54) is 16.4 Å². The van der Waals surface area contributed by atoms with Crippen molar-refractivity contribution in [2.75, 3.05) is 11.9 Å². The average molecular weight is 542 g/mol. The number of halogens is 2. The molecular weight excluding hydrogens is 516 g/mol. The predicted molar refractivity (Wildman–Crippen MR) is 134 cm³/mol. The number of anilines is 1. The number of sulfonamides is 1. The molecule has 1 N–H and O–H groups in total. The zero-order chi connectivity index (χ0) is 26.7. The first-order valence-corrected chi connectivity index (χ1v) is 13.8. The summed E-state index contributed by atoms with van der Waals surface area (Å²) in [6.07, 6.45) is -0.905. The second-order valence-electron chi connectivity index (χ2n) is 9.90. The van der Waals surface area contributed by atoms with Gasteiger partial charge in [0.2, 0.25) is 15.9 Å². The van der Waals surface area contributed by atoms with Crippen molar-refractivity contribution in [1.29, 1.82) is 0 Å². The van der Waals surface area contributed by atoms with Crippen LogP contribution >= 0.6 is 0 Å². The Labute approximate surface area is 218 Å². The van der Waals surface area contributed by atoms with Gasteiger partial charge in [0.15, 0.2) is 11.5 Å². The smallest absolute Gasteiger partial charge is 0.395 e. The van der Waals surface area contributed by atoms with Gasteiger partial charge in [-0.3, -0.25) is 4.79 Å². The second kappa shape index (κ2) is 8.74. The Balaban J connectivity index is 1.19. The number of ether oxygens (including phenoxy) is 2. The molecule has 2 aromatic carbocycles. The lowest BCUT2D eigenvalue weighted by Crippen LogP contribution is -2.33. The number of fused-ring (bicyclic) bond motifs is 1. The van der Waals surface area contributed by atoms with Gasteiger partial charge < -0.3 is 14.8 Å². The number of carbonyl (C=O) groups is 1. The number of alkyl halides is 2. The van der Waals surface area contributed by atoms with Gasteiger partial charge in [-0.2, -0.15) is 4.31 Å². The summed E-state index contributed by atoms with van der Waals surface area (Å²) in [6, 6.07) is 16.1. The van der Waals surface area contributed by atoms with Crippen molar-refractivity contribution < 1.29 is 31.5 Å². The number of amides is 1. The summed E-state index contributed by atoms with van der Waals surface area (Å²) in [5, 5.41) is 2.84. The minimum absolute atomic E-state index is 0.0185. The summed E-state index contributed by atoms with van der Waals surface area (Å²) < 4.78 is 63.3. The number of hydrogen-bond acceptors (Lipinski definition) is 6. The van der Waals surface area contributed by atoms with Crippen molar-refractivity contribution >= 4 is 21.7 Å². The lowest BCUT2D eigenvalue weighted by molar-refractivity contribution is -0.286. The quantitative estimate of drug-likeness (QED) is 0.476. The van der Waals surface area contributed by atoms with E-state index >= 15 is 0 Å². The van der Waals surface area contributed by atoms with Gasteiger partial charge in [0.05, 0.1) is 16.0 Å². The SMILES string of the molecule is C[C@H]1CCCN1S(=O)(=O)c1ccc(-c2cccc(NC(=O)C3(c4ccc5c(c4)OC(F)(F)O5)CC3)n2)cc1. The van der Waals surface area contributed by atoms with E-state index in [1.807, 2.05) is 6.92 Å². The molecule has 1 aromatic heterocycles. The van der Waals surface area contributed by atoms with Crippen LogP contribution in [0, 0.1) is 0 Å². The van der Waals surface area contributed by atoms with Gasteiger partial charge in [-0.25, -0.2) is 13.4 Å². The highest BCUT2D eigenvalue weighted by molar-refractivity contribution is 7.89. The Morgan fingerprint density at radius 2 is 1.79 bits per heavy atom. The van der Waals surface area contributed by atoms with E-state index < -0.39 is 21.7 Å². The van der Waals surface area contributed by atoms with E-state index in [-0.39, 0.29) is 28.3 Å². The minimum Gasteiger partial charge on any atom is -0.395 e. The molecule has 1 saturated heterocycles. The molecule has 1 aliphatic carbocycles. The fourth-order valence-electron chi connectivity index (χ4n) is 5.12. The summed E-state index contributed by atoms with van der Waals surface area (Å²) >= 11 is 0. The van der Waals surface area contributed by atoms with Crippen LogP contribution in [0.15, 0.2) is 65.6 Å². The number of rotatable bonds is 6. The maximum absolute atomic E-state index is 13.4. The van der Waals surface area contributed by atoms with Crippen LogP contribution in [0.1, 0.15) is 38.2 Å². The lowest BCUT2D eigenvalue weighted by atomic mass is 9.94. The molecule has 2 aliphatic heterocycles. The molecule has 3 aliphatic rings. The van der Waals surface area contributed by atoms with Crippen molar-refractivity contribution in [3.8, 4) is 22.8 Å². The monoisotopic (exact) mass is 541 g/mol. The number of aromatic nitrogens is 1. The summed E-state index contributed by atoms with van der Waals surface area (Å²) in [7, 11) is -3.56. The summed E-state index contributed by atoms with van der Waals surface area (Å²) in [6.45, 7) is 2.44. The fraction of sp³-hybridized carbons (Fsp3) is 0.333. The van der Waals surface area contributed by atoms with E-state index in [2.05, 4.69) is 19.8 Å². The molecule has 38 heavy (non-hydrogen) atoms. The normalized spacial score (nSPS) is 21.3. The summed E-state index contributed by atoms with van der Waals surface area (Å²) in [5.74, 6) is -0.142. The van der Waals surface area contributed by atoms with Crippen LogP contribution in [-0.4, -0.2) is 42.5 Å². The number of carbonyl (C=O) groups excluding carboxylic acids is 1. The molecule has 1 saturated carbocycles. The number of nitrogens with one attached hydrogen (secondary N) is 1. The van der Waals surface area contributed by atoms with Gasteiger partial charge in [-0.1, -0.05) is 24.3 Å². The maximum Gasteiger partial charge on any atom is 0.586 e. The number of benzene rings is 2. The number of pyridine rings is 1. The fourth-order valence-corrected chi connectivity index (χ4v) is 6.82. The molecular formula is C27H25F2N3O5S. The Bertz CT molecular complexity index is 1520. The highest BCUT2D eigenvalue weighted by Gasteiger charge is 2.53. The van der Waals surface area contributed by atoms with Crippen LogP contribution < -0.4 is 14.8 Å². The standard InChI is InChI=1S/C27H25F2N3O5S/c1-17-4-3-15-32(17)38(34,35)20-10-7-18(8-11-20)21-5-2-6-24(30-21)31-25(33)26(13-14-26)19-9-12-22-23(16-19)37-27(28,29)36-22/h2,5-12,16-17H,3-4,13-15H2,1H3,(H,30,31,33)/t17-/m0/s1. The highest BCUT2D eigenvalue weighted by Crippen LogP contribution is 2.52. The van der Waals surface area contributed by atoms with Crippen LogP contribution in [0.2, 0.25) is 0 Å². The van der Waals surface area contributed by atoms with Gasteiger partial charge in [-0.05, 0) is 74.6 Å². The van der Waals surface area contributed by atoms with Crippen molar-refractivity contribution in [2.24, 2.45) is 0 Å². The molecule has 0 radical (unpaired) electrons. The van der Waals surface area contributed by atoms with Crippen LogP contribution in [0.5, 0.6) is 11.5 Å². The van der Waals surface area contributed by atoms with Gasteiger partial charge in [0.25, 0.3) is 0 Å². The maximum atomic E-state index is 13.4. The van der Waals surface area contributed by atoms with E-state index in [1.54, 1.807) is 48.5 Å². The molecule has 198 valence electrons. The van der Waals surface area contributed by atoms with Crippen molar-refractivity contribution in [2.45, 2.75) is 55.3 Å². The van der Waals surface area contributed by atoms with Crippen molar-refractivity contribution in [3.05, 3.63) is 66.2 Å². The van der Waals surface area contributed by atoms with Crippen LogP contribution in [0.3, 0.4) is 0 Å². The first-order chi connectivity index (χ1) is 18.1. The van der Waals surface area contributed by atoms with Gasteiger partial charge >= 0.3 is 6.29 Å². The third-order valence-corrected chi connectivity index (χ3v) is 9.41. The van der Waals surface area contributed by atoms with Crippen molar-refractivity contribution in [3.63, 3.8) is 0 Å². The van der Waals surface area contributed by atoms with Crippen LogP contribution in [0.25, 0.3) is 11.3 Å². The molecule has 3 heterocycles. The Morgan fingerprint density at radius 3 is 2.47 bits per heavy atom. The minimum atomic E-state index is -3.72. The van der Waals surface area contributed by atoms with Crippen molar-refractivity contribution in [1.82, 2.24) is 9.29 Å². The summed E-state index contributed by atoms with van der Waals surface area (Å²) in [5.41, 5.74) is 0.968. The molecule has 11 heteroatoms. The van der Waals surface area contributed by atoms with E-state index in [4.69, 9.17) is 0 Å². The number of nitrogens with zero attached hydrogens (tertiary/aromatic N) is 2. The predicted octanol–water partition coefficient (Wildman–Crippen LogP) is 4.91. The third kappa shape index (κ3) is 4.29. The molecule has 0 spiro atoms. The number of hydrogen-bond donors (Lipinski definition) is 1.